The molecule has 2 bridgehead atoms. The van der Waals surface area contributed by atoms with Crippen LogP contribution in [-0.2, 0) is 19.9 Å². The summed E-state index contributed by atoms with van der Waals surface area (Å²) in [5, 5.41) is -0.0973. The van der Waals surface area contributed by atoms with Gasteiger partial charge < -0.3 is 0 Å². The van der Waals surface area contributed by atoms with Crippen molar-refractivity contribution in [2.45, 2.75) is 59.7 Å². The molecule has 2 aromatic carbocycles. The van der Waals surface area contributed by atoms with Crippen molar-refractivity contribution < 1.29 is 16.8 Å². The predicted octanol–water partition coefficient (Wildman–Crippen LogP) is 4.46. The van der Waals surface area contributed by atoms with E-state index in [1.54, 1.807) is 37.3 Å². The van der Waals surface area contributed by atoms with Gasteiger partial charge in [-0.15, -0.1) is 0 Å². The van der Waals surface area contributed by atoms with Crippen molar-refractivity contribution in [2.75, 3.05) is 0 Å². The average Bonchev–Trinajstić information content (AvgIpc) is 2.96. The highest BCUT2D eigenvalue weighted by Gasteiger charge is 2.50. The molecule has 2 fully saturated rings. The highest BCUT2D eigenvalue weighted by Crippen LogP contribution is 2.44. The third kappa shape index (κ3) is 3.61. The minimum Gasteiger partial charge on any atom is -0.223 e. The predicted molar refractivity (Wildman–Crippen MR) is 114 cm³/mol. The van der Waals surface area contributed by atoms with Gasteiger partial charge in [-0.3, -0.25) is 0 Å². The van der Waals surface area contributed by atoms with Crippen LogP contribution in [-0.4, -0.2) is 38.5 Å². The molecule has 0 aliphatic carbocycles. The maximum absolute atomic E-state index is 13.4. The van der Waals surface area contributed by atoms with Crippen molar-refractivity contribution in [2.24, 2.45) is 0 Å². The SMILES string of the molecule is Cc1cc(S(=O)(=O)N2C3CCC2CC(S(=O)(=O)c2ccccc2)C3)c(Cl)cc1Cl. The number of hydrogen-bond donors (Lipinski definition) is 0. The Kier molecular flexibility index (Phi) is 5.49. The van der Waals surface area contributed by atoms with Crippen molar-refractivity contribution in [3.8, 4) is 0 Å². The molecule has 5 nitrogen and oxygen atoms in total. The first-order valence-electron chi connectivity index (χ1n) is 9.40. The van der Waals surface area contributed by atoms with E-state index in [4.69, 9.17) is 23.2 Å². The zero-order valence-electron chi connectivity index (χ0n) is 15.8. The maximum atomic E-state index is 13.4. The molecule has 2 unspecified atom stereocenters. The molecule has 2 saturated heterocycles. The summed E-state index contributed by atoms with van der Waals surface area (Å²) in [6.07, 6.45) is 1.87. The number of rotatable bonds is 4. The molecule has 2 aliphatic heterocycles. The Morgan fingerprint density at radius 1 is 0.897 bits per heavy atom. The van der Waals surface area contributed by atoms with Gasteiger partial charge in [-0.05, 0) is 62.4 Å². The van der Waals surface area contributed by atoms with E-state index < -0.39 is 25.1 Å². The Morgan fingerprint density at radius 2 is 1.48 bits per heavy atom. The lowest BCUT2D eigenvalue weighted by Gasteiger charge is -2.37. The zero-order valence-corrected chi connectivity index (χ0v) is 18.9. The molecular weight excluding hydrogens is 453 g/mol. The fourth-order valence-electron chi connectivity index (χ4n) is 4.47. The Bertz CT molecular complexity index is 1140. The fraction of sp³-hybridized carbons (Fsp3) is 0.400. The van der Waals surface area contributed by atoms with E-state index in [-0.39, 0.29) is 39.7 Å². The van der Waals surface area contributed by atoms with Crippen molar-refractivity contribution >= 4 is 43.1 Å². The van der Waals surface area contributed by atoms with Crippen LogP contribution in [0.15, 0.2) is 52.3 Å². The summed E-state index contributed by atoms with van der Waals surface area (Å²) in [5.74, 6) is 0. The standard InChI is InChI=1S/C20H21Cl2NO4S2/c1-13-9-20(19(22)12-18(13)21)29(26,27)23-14-7-8-15(23)11-17(10-14)28(24,25)16-5-3-2-4-6-16/h2-6,9,12,14-15,17H,7-8,10-11H2,1H3. The van der Waals surface area contributed by atoms with Crippen LogP contribution in [0, 0.1) is 6.92 Å². The summed E-state index contributed by atoms with van der Waals surface area (Å²) in [4.78, 5) is 0.319. The Morgan fingerprint density at radius 3 is 2.07 bits per heavy atom. The van der Waals surface area contributed by atoms with Gasteiger partial charge in [0.1, 0.15) is 4.90 Å². The van der Waals surface area contributed by atoms with E-state index in [9.17, 15) is 16.8 Å². The van der Waals surface area contributed by atoms with E-state index in [2.05, 4.69) is 0 Å². The summed E-state index contributed by atoms with van der Waals surface area (Å²) in [5.41, 5.74) is 0.628. The molecule has 0 radical (unpaired) electrons. The van der Waals surface area contributed by atoms with Crippen LogP contribution < -0.4 is 0 Å². The second-order valence-corrected chi connectivity index (χ2v) is 12.6. The summed E-state index contributed by atoms with van der Waals surface area (Å²) < 4.78 is 54.4. The highest BCUT2D eigenvalue weighted by molar-refractivity contribution is 7.92. The second kappa shape index (κ2) is 7.54. The summed E-state index contributed by atoms with van der Waals surface area (Å²) in [6, 6.07) is 10.6. The van der Waals surface area contributed by atoms with Crippen molar-refractivity contribution in [1.29, 1.82) is 0 Å². The first-order chi connectivity index (χ1) is 13.6. The van der Waals surface area contributed by atoms with Crippen LogP contribution >= 0.6 is 23.2 Å². The number of fused-ring (bicyclic) bond motifs is 2. The average molecular weight is 474 g/mol. The van der Waals surface area contributed by atoms with Gasteiger partial charge in [0.25, 0.3) is 0 Å². The molecule has 0 amide bonds. The summed E-state index contributed by atoms with van der Waals surface area (Å²) in [6.45, 7) is 1.73. The number of benzene rings is 2. The summed E-state index contributed by atoms with van der Waals surface area (Å²) in [7, 11) is -7.36. The van der Waals surface area contributed by atoms with Crippen LogP contribution in [0.2, 0.25) is 10.0 Å². The number of hydrogen-bond acceptors (Lipinski definition) is 4. The number of nitrogens with zero attached hydrogens (tertiary/aromatic N) is 1. The lowest BCUT2D eigenvalue weighted by atomic mass is 10.1. The first kappa shape index (κ1) is 21.1. The number of piperidine rings is 1. The Hall–Kier alpha value is -1.12. The van der Waals surface area contributed by atoms with Crippen molar-refractivity contribution in [3.63, 3.8) is 0 Å². The van der Waals surface area contributed by atoms with E-state index in [1.165, 1.54) is 16.4 Å². The van der Waals surface area contributed by atoms with Crippen LogP contribution in [0.3, 0.4) is 0 Å². The molecule has 0 saturated carbocycles. The zero-order chi connectivity index (χ0) is 21.0. The van der Waals surface area contributed by atoms with E-state index in [0.717, 1.165) is 0 Å². The third-order valence-electron chi connectivity index (χ3n) is 5.90. The van der Waals surface area contributed by atoms with Gasteiger partial charge in [0, 0.05) is 17.1 Å². The molecule has 2 atom stereocenters. The van der Waals surface area contributed by atoms with Gasteiger partial charge in [0.15, 0.2) is 9.84 Å². The monoisotopic (exact) mass is 473 g/mol. The van der Waals surface area contributed by atoms with Crippen molar-refractivity contribution in [3.05, 3.63) is 58.1 Å². The number of halogens is 2. The quantitative estimate of drug-likeness (QED) is 0.656. The van der Waals surface area contributed by atoms with Crippen LogP contribution in [0.4, 0.5) is 0 Å². The first-order valence-corrected chi connectivity index (χ1v) is 13.1. The maximum Gasteiger partial charge on any atom is 0.245 e. The van der Waals surface area contributed by atoms with E-state index in [1.807, 2.05) is 0 Å². The molecule has 29 heavy (non-hydrogen) atoms. The Balaban J connectivity index is 1.66. The summed E-state index contributed by atoms with van der Waals surface area (Å²) >= 11 is 12.3. The smallest absolute Gasteiger partial charge is 0.223 e. The van der Waals surface area contributed by atoms with Crippen LogP contribution in [0.5, 0.6) is 0 Å². The minimum atomic E-state index is -3.85. The highest BCUT2D eigenvalue weighted by atomic mass is 35.5. The molecule has 9 heteroatoms. The molecule has 2 aromatic rings. The normalized spacial score (nSPS) is 25.3. The molecule has 4 rings (SSSR count). The lowest BCUT2D eigenvalue weighted by Crippen LogP contribution is -2.49. The van der Waals surface area contributed by atoms with Gasteiger partial charge in [-0.1, -0.05) is 41.4 Å². The molecule has 156 valence electrons. The van der Waals surface area contributed by atoms with Gasteiger partial charge in [-0.2, -0.15) is 4.31 Å². The second-order valence-electron chi connectivity index (χ2n) is 7.70. The molecule has 2 heterocycles. The van der Waals surface area contributed by atoms with Gasteiger partial charge in [-0.25, -0.2) is 16.8 Å². The van der Waals surface area contributed by atoms with Gasteiger partial charge >= 0.3 is 0 Å². The molecule has 0 N–H and O–H groups in total. The number of aryl methyl sites for hydroxylation is 1. The molecule has 0 aromatic heterocycles. The number of sulfone groups is 1. The lowest BCUT2D eigenvalue weighted by molar-refractivity contribution is 0.249. The fourth-order valence-corrected chi connectivity index (χ4v) is 9.05. The number of sulfonamides is 1. The molecule has 2 aliphatic rings. The van der Waals surface area contributed by atoms with Gasteiger partial charge in [0.2, 0.25) is 10.0 Å². The molecule has 0 spiro atoms. The van der Waals surface area contributed by atoms with Crippen LogP contribution in [0.25, 0.3) is 0 Å². The molecular formula is C20H21Cl2NO4S2. The van der Waals surface area contributed by atoms with Gasteiger partial charge in [0.05, 0.1) is 15.2 Å². The third-order valence-corrected chi connectivity index (χ3v) is 11.0. The largest absolute Gasteiger partial charge is 0.245 e. The van der Waals surface area contributed by atoms with Crippen LogP contribution in [0.1, 0.15) is 31.2 Å². The van der Waals surface area contributed by atoms with E-state index >= 15 is 0 Å². The van der Waals surface area contributed by atoms with Crippen molar-refractivity contribution in [1.82, 2.24) is 4.31 Å². The Labute approximate surface area is 181 Å². The van der Waals surface area contributed by atoms with E-state index in [0.29, 0.717) is 23.4 Å². The minimum absolute atomic E-state index is 0.0299. The topological polar surface area (TPSA) is 71.5 Å².